The van der Waals surface area contributed by atoms with Crippen LogP contribution in [-0.2, 0) is 4.79 Å². The van der Waals surface area contributed by atoms with Crippen molar-refractivity contribution < 1.29 is 15.0 Å². The molecule has 0 saturated carbocycles. The summed E-state index contributed by atoms with van der Waals surface area (Å²) in [6, 6.07) is 0. The molecular formula is C20H29NO3. The van der Waals surface area contributed by atoms with E-state index in [1.807, 2.05) is 6.92 Å². The number of aliphatic hydroxyl groups excluding tert-OH is 1. The molecule has 0 spiro atoms. The average molecular weight is 331 g/mol. The fourth-order valence-electron chi connectivity index (χ4n) is 5.00. The predicted octanol–water partition coefficient (Wildman–Crippen LogP) is 2.98. The molecule has 0 saturated heterocycles. The van der Waals surface area contributed by atoms with Gasteiger partial charge in [-0.2, -0.15) is 0 Å². The van der Waals surface area contributed by atoms with E-state index in [1.165, 1.54) is 0 Å². The van der Waals surface area contributed by atoms with E-state index in [0.717, 1.165) is 48.0 Å². The molecule has 4 nitrogen and oxygen atoms in total. The summed E-state index contributed by atoms with van der Waals surface area (Å²) in [6.45, 7) is 10.3. The van der Waals surface area contributed by atoms with Crippen molar-refractivity contribution in [3.8, 4) is 0 Å². The molecule has 0 aromatic heterocycles. The van der Waals surface area contributed by atoms with Crippen LogP contribution in [0, 0.1) is 11.3 Å². The Bertz CT molecular complexity index is 643. The van der Waals surface area contributed by atoms with Crippen molar-refractivity contribution >= 4 is 5.91 Å². The lowest BCUT2D eigenvalue weighted by Crippen LogP contribution is -2.49. The summed E-state index contributed by atoms with van der Waals surface area (Å²) in [5, 5.41) is 24.4. The second-order valence-corrected chi connectivity index (χ2v) is 8.38. The van der Waals surface area contributed by atoms with Gasteiger partial charge in [-0.25, -0.2) is 0 Å². The fourth-order valence-corrected chi connectivity index (χ4v) is 5.00. The van der Waals surface area contributed by atoms with Crippen LogP contribution < -0.4 is 5.32 Å². The zero-order valence-electron chi connectivity index (χ0n) is 15.0. The van der Waals surface area contributed by atoms with Crippen molar-refractivity contribution in [2.75, 3.05) is 0 Å². The average Bonchev–Trinajstić information content (AvgIpc) is 2.67. The first kappa shape index (κ1) is 17.4. The van der Waals surface area contributed by atoms with Crippen LogP contribution in [0.1, 0.15) is 59.3 Å². The van der Waals surface area contributed by atoms with Gasteiger partial charge in [0.25, 0.3) is 0 Å². The van der Waals surface area contributed by atoms with E-state index >= 15 is 0 Å². The molecule has 0 aromatic carbocycles. The third-order valence-corrected chi connectivity index (χ3v) is 6.07. The molecule has 0 radical (unpaired) electrons. The van der Waals surface area contributed by atoms with Crippen molar-refractivity contribution in [3.63, 3.8) is 0 Å². The number of rotatable bonds is 0. The lowest BCUT2D eigenvalue weighted by molar-refractivity contribution is -0.120. The van der Waals surface area contributed by atoms with Gasteiger partial charge in [-0.3, -0.25) is 4.79 Å². The van der Waals surface area contributed by atoms with Crippen LogP contribution in [0.5, 0.6) is 0 Å². The van der Waals surface area contributed by atoms with Crippen LogP contribution in [0.25, 0.3) is 0 Å². The molecule has 24 heavy (non-hydrogen) atoms. The number of nitrogens with one attached hydrogen (secondary N) is 1. The third-order valence-electron chi connectivity index (χ3n) is 6.07. The number of carbonyl (C=O) groups excluding carboxylic acids is 1. The lowest BCUT2D eigenvalue weighted by atomic mass is 9.61. The van der Waals surface area contributed by atoms with Crippen molar-refractivity contribution in [1.29, 1.82) is 0 Å². The Balaban J connectivity index is 2.09. The topological polar surface area (TPSA) is 69.6 Å². The van der Waals surface area contributed by atoms with Crippen molar-refractivity contribution in [2.24, 2.45) is 11.3 Å². The standard InChI is InChI=1S/C20H29NO3/c1-12-5-6-14-7-8-16-17(19(14,3)4)20(24,21-18(16)23)11-13(2)10-15(22)9-12/h10,14-15,22,24H,1,5-9,11H2,2-4H3,(H,21,23)/b13-10+/t14-,15+,20+/m1/s1. The molecule has 132 valence electrons. The zero-order valence-corrected chi connectivity index (χ0v) is 15.0. The Morgan fingerprint density at radius 2 is 1.96 bits per heavy atom. The fraction of sp³-hybridized carbons (Fsp3) is 0.650. The Kier molecular flexibility index (Phi) is 4.25. The Hall–Kier alpha value is -1.39. The zero-order chi connectivity index (χ0) is 17.7. The molecule has 2 aliphatic carbocycles. The summed E-state index contributed by atoms with van der Waals surface area (Å²) in [5.74, 6) is 0.264. The van der Waals surface area contributed by atoms with Crippen LogP contribution in [0.3, 0.4) is 0 Å². The molecule has 0 aromatic rings. The summed E-state index contributed by atoms with van der Waals surface area (Å²) in [7, 11) is 0. The molecule has 3 N–H and O–H groups in total. The second-order valence-electron chi connectivity index (χ2n) is 8.38. The normalized spacial score (nSPS) is 38.8. The Morgan fingerprint density at radius 3 is 2.67 bits per heavy atom. The molecule has 1 heterocycles. The number of amides is 1. The minimum absolute atomic E-state index is 0.133. The first-order valence-corrected chi connectivity index (χ1v) is 8.94. The molecule has 3 rings (SSSR count). The Morgan fingerprint density at radius 1 is 1.29 bits per heavy atom. The van der Waals surface area contributed by atoms with E-state index in [0.29, 0.717) is 18.8 Å². The maximum atomic E-state index is 12.4. The summed E-state index contributed by atoms with van der Waals surface area (Å²) in [6.07, 6.45) is 5.61. The van der Waals surface area contributed by atoms with E-state index in [9.17, 15) is 15.0 Å². The maximum Gasteiger partial charge on any atom is 0.249 e. The van der Waals surface area contributed by atoms with E-state index < -0.39 is 11.8 Å². The van der Waals surface area contributed by atoms with Gasteiger partial charge in [0.2, 0.25) is 5.91 Å². The van der Waals surface area contributed by atoms with Crippen LogP contribution in [-0.4, -0.2) is 27.9 Å². The maximum absolute atomic E-state index is 12.4. The van der Waals surface area contributed by atoms with Crippen LogP contribution in [0.15, 0.2) is 34.9 Å². The highest BCUT2D eigenvalue weighted by Gasteiger charge is 2.53. The van der Waals surface area contributed by atoms with Gasteiger partial charge in [0.15, 0.2) is 5.72 Å². The number of aliphatic hydroxyl groups is 2. The molecule has 1 aliphatic heterocycles. The van der Waals surface area contributed by atoms with E-state index in [4.69, 9.17) is 0 Å². The van der Waals surface area contributed by atoms with Crippen LogP contribution in [0.4, 0.5) is 0 Å². The van der Waals surface area contributed by atoms with Crippen LogP contribution in [0.2, 0.25) is 0 Å². The number of fused-ring (bicyclic) bond motifs is 1. The molecule has 2 bridgehead atoms. The van der Waals surface area contributed by atoms with Crippen molar-refractivity contribution in [1.82, 2.24) is 5.32 Å². The highest BCUT2D eigenvalue weighted by Crippen LogP contribution is 2.53. The monoisotopic (exact) mass is 331 g/mol. The number of carbonyl (C=O) groups is 1. The highest BCUT2D eigenvalue weighted by atomic mass is 16.3. The van der Waals surface area contributed by atoms with Gasteiger partial charge >= 0.3 is 0 Å². The summed E-state index contributed by atoms with van der Waals surface area (Å²) in [5.41, 5.74) is 2.02. The molecule has 3 atom stereocenters. The molecule has 4 heteroatoms. The minimum Gasteiger partial charge on any atom is -0.389 e. The first-order valence-electron chi connectivity index (χ1n) is 8.94. The van der Waals surface area contributed by atoms with Gasteiger partial charge in [-0.05, 0) is 55.9 Å². The second kappa shape index (κ2) is 5.85. The number of hydrogen-bond acceptors (Lipinski definition) is 3. The SMILES string of the molecule is C=C1CC[C@@H]2CCC3=C(C2(C)C)[C@@](O)(C/C(C)=C/[C@@H](O)C1)NC3=O. The smallest absolute Gasteiger partial charge is 0.249 e. The van der Waals surface area contributed by atoms with Gasteiger partial charge in [-0.1, -0.05) is 37.6 Å². The quantitative estimate of drug-likeness (QED) is 0.598. The van der Waals surface area contributed by atoms with E-state index in [-0.39, 0.29) is 11.3 Å². The minimum atomic E-state index is -1.33. The van der Waals surface area contributed by atoms with Crippen LogP contribution >= 0.6 is 0 Å². The molecular weight excluding hydrogens is 302 g/mol. The number of hydrogen-bond donors (Lipinski definition) is 3. The van der Waals surface area contributed by atoms with E-state index in [2.05, 4.69) is 25.7 Å². The molecule has 1 amide bonds. The van der Waals surface area contributed by atoms with Gasteiger partial charge in [0.05, 0.1) is 6.10 Å². The van der Waals surface area contributed by atoms with Gasteiger partial charge < -0.3 is 15.5 Å². The Labute approximate surface area is 144 Å². The molecule has 3 aliphatic rings. The lowest BCUT2D eigenvalue weighted by Gasteiger charge is -2.45. The van der Waals surface area contributed by atoms with E-state index in [1.54, 1.807) is 6.08 Å². The summed E-state index contributed by atoms with van der Waals surface area (Å²) < 4.78 is 0. The molecule has 0 unspecified atom stereocenters. The van der Waals surface area contributed by atoms with Gasteiger partial charge in [0, 0.05) is 12.0 Å². The summed E-state index contributed by atoms with van der Waals surface area (Å²) >= 11 is 0. The predicted molar refractivity (Wildman–Crippen MR) is 94.0 cm³/mol. The van der Waals surface area contributed by atoms with Gasteiger partial charge in [0.1, 0.15) is 0 Å². The van der Waals surface area contributed by atoms with Crippen molar-refractivity contribution in [3.05, 3.63) is 34.9 Å². The largest absolute Gasteiger partial charge is 0.389 e. The first-order chi connectivity index (χ1) is 11.1. The summed E-state index contributed by atoms with van der Waals surface area (Å²) in [4.78, 5) is 12.4. The van der Waals surface area contributed by atoms with Gasteiger partial charge in [-0.15, -0.1) is 0 Å². The highest BCUT2D eigenvalue weighted by molar-refractivity contribution is 5.98. The molecule has 0 fully saturated rings. The van der Waals surface area contributed by atoms with Crippen molar-refractivity contribution in [2.45, 2.75) is 71.1 Å². The third kappa shape index (κ3) is 2.86.